The molecule has 0 spiro atoms. The largest absolute Gasteiger partial charge is 0.331 e. The lowest BCUT2D eigenvalue weighted by Crippen LogP contribution is -2.22. The molecule has 0 saturated heterocycles. The third kappa shape index (κ3) is 2.54. The molecule has 0 bridgehead atoms. The molecule has 1 aliphatic heterocycles. The molecule has 2 aromatic rings. The molecular weight excluding hydrogens is 314 g/mol. The molecular formula is C16H20BrN3. The number of benzene rings is 1. The first-order chi connectivity index (χ1) is 9.69. The van der Waals surface area contributed by atoms with Crippen molar-refractivity contribution < 1.29 is 0 Å². The summed E-state index contributed by atoms with van der Waals surface area (Å²) < 4.78 is 3.53. The van der Waals surface area contributed by atoms with Gasteiger partial charge in [-0.25, -0.2) is 4.98 Å². The Balaban J connectivity index is 1.89. The summed E-state index contributed by atoms with van der Waals surface area (Å²) in [6.07, 6.45) is 5.20. The van der Waals surface area contributed by atoms with Crippen LogP contribution in [0.5, 0.6) is 0 Å². The Bertz CT molecular complexity index is 618. The third-order valence-electron chi connectivity index (χ3n) is 4.21. The number of rotatable bonds is 3. The Morgan fingerprint density at radius 3 is 3.05 bits per heavy atom. The van der Waals surface area contributed by atoms with Crippen LogP contribution in [0.25, 0.3) is 0 Å². The molecule has 1 aliphatic rings. The summed E-state index contributed by atoms with van der Waals surface area (Å²) in [5.41, 5.74) is 9.87. The van der Waals surface area contributed by atoms with Crippen molar-refractivity contribution in [2.45, 2.75) is 38.6 Å². The Morgan fingerprint density at radius 2 is 2.30 bits per heavy atom. The highest BCUT2D eigenvalue weighted by molar-refractivity contribution is 9.10. The number of halogens is 1. The number of hydrogen-bond acceptors (Lipinski definition) is 2. The summed E-state index contributed by atoms with van der Waals surface area (Å²) in [6.45, 7) is 3.90. The van der Waals surface area contributed by atoms with E-state index < -0.39 is 0 Å². The summed E-state index contributed by atoms with van der Waals surface area (Å²) >= 11 is 3.54. The third-order valence-corrected chi connectivity index (χ3v) is 4.71. The van der Waals surface area contributed by atoms with E-state index in [0.29, 0.717) is 12.5 Å². The van der Waals surface area contributed by atoms with Crippen molar-refractivity contribution in [3.05, 3.63) is 51.5 Å². The molecule has 0 fully saturated rings. The van der Waals surface area contributed by atoms with E-state index in [0.717, 1.165) is 29.7 Å². The van der Waals surface area contributed by atoms with E-state index in [1.54, 1.807) is 0 Å². The van der Waals surface area contributed by atoms with Gasteiger partial charge in [-0.05, 0) is 49.6 Å². The minimum absolute atomic E-state index is 0.585. The van der Waals surface area contributed by atoms with Crippen LogP contribution in [0.4, 0.5) is 0 Å². The van der Waals surface area contributed by atoms with Gasteiger partial charge in [0.1, 0.15) is 5.82 Å². The minimum atomic E-state index is 0.585. The summed E-state index contributed by atoms with van der Waals surface area (Å²) in [5, 5.41) is 0. The highest BCUT2D eigenvalue weighted by Crippen LogP contribution is 2.32. The normalized spacial score (nSPS) is 18.1. The van der Waals surface area contributed by atoms with Crippen LogP contribution in [0.2, 0.25) is 0 Å². The molecule has 1 atom stereocenters. The minimum Gasteiger partial charge on any atom is -0.331 e. The summed E-state index contributed by atoms with van der Waals surface area (Å²) in [4.78, 5) is 4.53. The summed E-state index contributed by atoms with van der Waals surface area (Å²) in [6, 6.07) is 6.61. The van der Waals surface area contributed by atoms with E-state index in [1.807, 2.05) is 6.20 Å². The van der Waals surface area contributed by atoms with Crippen molar-refractivity contribution in [3.8, 4) is 0 Å². The van der Waals surface area contributed by atoms with Crippen LogP contribution < -0.4 is 5.73 Å². The predicted octanol–water partition coefficient (Wildman–Crippen LogP) is 3.19. The molecule has 1 unspecified atom stereocenters. The summed E-state index contributed by atoms with van der Waals surface area (Å²) in [7, 11) is 0. The second-order valence-corrected chi connectivity index (χ2v) is 6.47. The standard InChI is InChI=1S/C16H20BrN3/c1-11-8-13(17)3-5-15(11)12-2-4-14-9-19-16(6-7-18)20(14)10-12/h3,5,8-9,12H,2,4,6-7,10,18H2,1H3. The first-order valence-electron chi connectivity index (χ1n) is 7.18. The molecule has 0 saturated carbocycles. The van der Waals surface area contributed by atoms with Crippen LogP contribution in [0, 0.1) is 6.92 Å². The Labute approximate surface area is 128 Å². The molecule has 2 N–H and O–H groups in total. The maximum Gasteiger partial charge on any atom is 0.110 e. The molecule has 0 radical (unpaired) electrons. The van der Waals surface area contributed by atoms with Crippen LogP contribution in [-0.4, -0.2) is 16.1 Å². The van der Waals surface area contributed by atoms with Crippen molar-refractivity contribution in [2.75, 3.05) is 6.54 Å². The number of aryl methyl sites for hydroxylation is 2. The van der Waals surface area contributed by atoms with Gasteiger partial charge < -0.3 is 10.3 Å². The number of aromatic nitrogens is 2. The zero-order valence-electron chi connectivity index (χ0n) is 11.8. The molecule has 4 heteroatoms. The van der Waals surface area contributed by atoms with Crippen molar-refractivity contribution in [2.24, 2.45) is 5.73 Å². The fourth-order valence-corrected chi connectivity index (χ4v) is 3.67. The van der Waals surface area contributed by atoms with Crippen LogP contribution in [0.3, 0.4) is 0 Å². The maximum absolute atomic E-state index is 5.68. The van der Waals surface area contributed by atoms with Gasteiger partial charge in [-0.3, -0.25) is 0 Å². The van der Waals surface area contributed by atoms with Crippen LogP contribution in [0.15, 0.2) is 28.9 Å². The lowest BCUT2D eigenvalue weighted by molar-refractivity contribution is 0.450. The fraction of sp³-hybridized carbons (Fsp3) is 0.438. The van der Waals surface area contributed by atoms with Gasteiger partial charge in [0.25, 0.3) is 0 Å². The predicted molar refractivity (Wildman–Crippen MR) is 84.9 cm³/mol. The van der Waals surface area contributed by atoms with E-state index in [1.165, 1.54) is 23.2 Å². The molecule has 3 rings (SSSR count). The van der Waals surface area contributed by atoms with E-state index in [-0.39, 0.29) is 0 Å². The second-order valence-electron chi connectivity index (χ2n) is 5.55. The van der Waals surface area contributed by atoms with Gasteiger partial charge in [0, 0.05) is 35.2 Å². The lowest BCUT2D eigenvalue weighted by atomic mass is 9.88. The van der Waals surface area contributed by atoms with E-state index in [4.69, 9.17) is 5.73 Å². The molecule has 1 aromatic heterocycles. The molecule has 106 valence electrons. The topological polar surface area (TPSA) is 43.8 Å². The van der Waals surface area contributed by atoms with Crippen molar-refractivity contribution in [1.82, 2.24) is 9.55 Å². The number of nitrogens with zero attached hydrogens (tertiary/aromatic N) is 2. The van der Waals surface area contributed by atoms with Gasteiger partial charge in [0.2, 0.25) is 0 Å². The maximum atomic E-state index is 5.68. The molecule has 0 amide bonds. The molecule has 20 heavy (non-hydrogen) atoms. The first-order valence-corrected chi connectivity index (χ1v) is 7.97. The number of fused-ring (bicyclic) bond motifs is 1. The quantitative estimate of drug-likeness (QED) is 0.937. The molecule has 2 heterocycles. The van der Waals surface area contributed by atoms with Gasteiger partial charge >= 0.3 is 0 Å². The molecule has 0 aliphatic carbocycles. The Hall–Kier alpha value is -1.13. The monoisotopic (exact) mass is 333 g/mol. The van der Waals surface area contributed by atoms with Gasteiger partial charge in [-0.1, -0.05) is 22.0 Å². The van der Waals surface area contributed by atoms with E-state index >= 15 is 0 Å². The fourth-order valence-electron chi connectivity index (χ4n) is 3.19. The number of imidazole rings is 1. The van der Waals surface area contributed by atoms with Gasteiger partial charge in [0.15, 0.2) is 0 Å². The lowest BCUT2D eigenvalue weighted by Gasteiger charge is -2.27. The second kappa shape index (κ2) is 5.70. The van der Waals surface area contributed by atoms with Gasteiger partial charge in [-0.15, -0.1) is 0 Å². The Kier molecular flexibility index (Phi) is 3.94. The number of nitrogens with two attached hydrogens (primary N) is 1. The number of hydrogen-bond donors (Lipinski definition) is 1. The zero-order valence-corrected chi connectivity index (χ0v) is 13.4. The Morgan fingerprint density at radius 1 is 1.45 bits per heavy atom. The first kappa shape index (κ1) is 13.8. The molecule has 3 nitrogen and oxygen atoms in total. The van der Waals surface area contributed by atoms with Crippen LogP contribution in [-0.2, 0) is 19.4 Å². The van der Waals surface area contributed by atoms with Crippen molar-refractivity contribution in [1.29, 1.82) is 0 Å². The van der Waals surface area contributed by atoms with Crippen LogP contribution >= 0.6 is 15.9 Å². The van der Waals surface area contributed by atoms with Crippen molar-refractivity contribution in [3.63, 3.8) is 0 Å². The van der Waals surface area contributed by atoms with Gasteiger partial charge in [-0.2, -0.15) is 0 Å². The average molecular weight is 334 g/mol. The van der Waals surface area contributed by atoms with E-state index in [2.05, 4.69) is 50.6 Å². The SMILES string of the molecule is Cc1cc(Br)ccc1C1CCc2cnc(CCN)n2C1. The van der Waals surface area contributed by atoms with Crippen LogP contribution in [0.1, 0.15) is 35.0 Å². The summed E-state index contributed by atoms with van der Waals surface area (Å²) in [5.74, 6) is 1.73. The highest BCUT2D eigenvalue weighted by Gasteiger charge is 2.23. The van der Waals surface area contributed by atoms with Gasteiger partial charge in [0.05, 0.1) is 0 Å². The smallest absolute Gasteiger partial charge is 0.110 e. The van der Waals surface area contributed by atoms with E-state index in [9.17, 15) is 0 Å². The highest BCUT2D eigenvalue weighted by atomic mass is 79.9. The average Bonchev–Trinajstić information content (AvgIpc) is 2.82. The zero-order chi connectivity index (χ0) is 14.1. The molecule has 1 aromatic carbocycles. The van der Waals surface area contributed by atoms with Crippen molar-refractivity contribution >= 4 is 15.9 Å².